The van der Waals surface area contributed by atoms with Gasteiger partial charge in [-0.05, 0) is 68.1 Å². The molecule has 3 aromatic rings. The minimum Gasteiger partial charge on any atom is -0.497 e. The van der Waals surface area contributed by atoms with E-state index in [1.165, 1.54) is 0 Å². The van der Waals surface area contributed by atoms with Gasteiger partial charge in [0, 0.05) is 35.7 Å². The number of anilines is 2. The Morgan fingerprint density at radius 3 is 2.62 bits per heavy atom. The van der Waals surface area contributed by atoms with Crippen LogP contribution in [0.4, 0.5) is 11.4 Å². The molecule has 1 aliphatic rings. The van der Waals surface area contributed by atoms with Gasteiger partial charge in [-0.3, -0.25) is 9.59 Å². The molecule has 0 saturated heterocycles. The largest absolute Gasteiger partial charge is 0.497 e. The number of aryl methyl sites for hydroxylation is 2. The number of ether oxygens (including phenoxy) is 1. The Bertz CT molecular complexity index is 1100. The number of hydrogen-bond acceptors (Lipinski definition) is 6. The van der Waals surface area contributed by atoms with E-state index in [1.807, 2.05) is 43.3 Å². The quantitative estimate of drug-likeness (QED) is 0.518. The molecule has 8 nitrogen and oxygen atoms in total. The van der Waals surface area contributed by atoms with Gasteiger partial charge >= 0.3 is 0 Å². The van der Waals surface area contributed by atoms with Crippen LogP contribution in [0.25, 0.3) is 11.4 Å². The van der Waals surface area contributed by atoms with Crippen molar-refractivity contribution in [2.45, 2.75) is 39.0 Å². The number of hydrogen-bond donors (Lipinski definition) is 2. The summed E-state index contributed by atoms with van der Waals surface area (Å²) in [5.74, 6) is 1.82. The summed E-state index contributed by atoms with van der Waals surface area (Å²) in [6, 6.07) is 12.9. The van der Waals surface area contributed by atoms with Gasteiger partial charge < -0.3 is 19.9 Å². The second-order valence-corrected chi connectivity index (χ2v) is 7.94. The van der Waals surface area contributed by atoms with Gasteiger partial charge in [-0.1, -0.05) is 11.2 Å². The summed E-state index contributed by atoms with van der Waals surface area (Å²) in [5.41, 5.74) is 3.16. The average molecular weight is 434 g/mol. The predicted molar refractivity (Wildman–Crippen MR) is 120 cm³/mol. The van der Waals surface area contributed by atoms with Gasteiger partial charge in [0.05, 0.1) is 7.11 Å². The van der Waals surface area contributed by atoms with Crippen LogP contribution in [0.3, 0.4) is 0 Å². The molecule has 1 aromatic heterocycles. The van der Waals surface area contributed by atoms with Crippen molar-refractivity contribution in [2.75, 3.05) is 17.7 Å². The van der Waals surface area contributed by atoms with Crippen LogP contribution in [0.2, 0.25) is 0 Å². The predicted octanol–water partition coefficient (Wildman–Crippen LogP) is 4.36. The van der Waals surface area contributed by atoms with E-state index < -0.39 is 0 Å². The monoisotopic (exact) mass is 434 g/mol. The summed E-state index contributed by atoms with van der Waals surface area (Å²) in [7, 11) is 1.61. The Hall–Kier alpha value is -3.68. The van der Waals surface area contributed by atoms with Crippen molar-refractivity contribution in [3.63, 3.8) is 0 Å². The summed E-state index contributed by atoms with van der Waals surface area (Å²) in [6.45, 7) is 1.92. The van der Waals surface area contributed by atoms with Gasteiger partial charge in [-0.25, -0.2) is 0 Å². The molecular weight excluding hydrogens is 408 g/mol. The van der Waals surface area contributed by atoms with Crippen LogP contribution in [-0.2, 0) is 16.0 Å². The van der Waals surface area contributed by atoms with Crippen molar-refractivity contribution in [3.8, 4) is 17.1 Å². The summed E-state index contributed by atoms with van der Waals surface area (Å²) >= 11 is 0. The first-order valence-corrected chi connectivity index (χ1v) is 10.7. The fourth-order valence-electron chi connectivity index (χ4n) is 3.25. The lowest BCUT2D eigenvalue weighted by Crippen LogP contribution is -2.15. The number of benzene rings is 2. The fourth-order valence-corrected chi connectivity index (χ4v) is 3.25. The lowest BCUT2D eigenvalue weighted by molar-refractivity contribution is -0.117. The van der Waals surface area contributed by atoms with Crippen LogP contribution >= 0.6 is 0 Å². The number of rotatable bonds is 9. The van der Waals surface area contributed by atoms with Crippen molar-refractivity contribution < 1.29 is 18.8 Å². The topological polar surface area (TPSA) is 106 Å². The minimum atomic E-state index is -0.103. The van der Waals surface area contributed by atoms with E-state index in [0.29, 0.717) is 42.4 Å². The molecule has 1 saturated carbocycles. The third-order valence-corrected chi connectivity index (χ3v) is 5.34. The highest BCUT2D eigenvalue weighted by Gasteiger charge is 2.29. The normalized spacial score (nSPS) is 12.9. The molecule has 32 heavy (non-hydrogen) atoms. The summed E-state index contributed by atoms with van der Waals surface area (Å²) in [6.07, 6.45) is 3.30. The number of carbonyl (C=O) groups is 2. The van der Waals surface area contributed by atoms with Crippen LogP contribution < -0.4 is 15.4 Å². The second-order valence-electron chi connectivity index (χ2n) is 7.94. The van der Waals surface area contributed by atoms with Crippen LogP contribution in [-0.4, -0.2) is 29.1 Å². The van der Waals surface area contributed by atoms with Gasteiger partial charge in [-0.15, -0.1) is 0 Å². The lowest BCUT2D eigenvalue weighted by Gasteiger charge is -2.11. The zero-order valence-corrected chi connectivity index (χ0v) is 18.2. The molecule has 2 aromatic carbocycles. The molecule has 8 heteroatoms. The zero-order valence-electron chi connectivity index (χ0n) is 18.2. The van der Waals surface area contributed by atoms with Crippen LogP contribution in [0.15, 0.2) is 47.0 Å². The van der Waals surface area contributed by atoms with Gasteiger partial charge in [-0.2, -0.15) is 4.98 Å². The fraction of sp³-hybridized carbons (Fsp3) is 0.333. The first kappa shape index (κ1) is 21.5. The van der Waals surface area contributed by atoms with E-state index >= 15 is 0 Å². The molecule has 0 unspecified atom stereocenters. The third-order valence-electron chi connectivity index (χ3n) is 5.34. The Morgan fingerprint density at radius 2 is 1.91 bits per heavy atom. The Morgan fingerprint density at radius 1 is 1.12 bits per heavy atom. The summed E-state index contributed by atoms with van der Waals surface area (Å²) < 4.78 is 10.5. The number of carbonyl (C=O) groups excluding carboxylic acids is 2. The van der Waals surface area contributed by atoms with E-state index in [4.69, 9.17) is 9.26 Å². The van der Waals surface area contributed by atoms with E-state index in [0.717, 1.165) is 29.7 Å². The molecule has 1 heterocycles. The standard InChI is InChI=1S/C24H26N4O4/c1-15-6-11-18(25-24(30)17-7-8-17)14-20(15)26-21(29)4-3-5-22-27-23(28-32-22)16-9-12-19(31-2)13-10-16/h6,9-14,17H,3-5,7-8H2,1-2H3,(H,25,30)(H,26,29). The van der Waals surface area contributed by atoms with Crippen molar-refractivity contribution in [1.82, 2.24) is 10.1 Å². The highest BCUT2D eigenvalue weighted by atomic mass is 16.5. The highest BCUT2D eigenvalue weighted by Crippen LogP contribution is 2.31. The van der Waals surface area contributed by atoms with Crippen molar-refractivity contribution in [3.05, 3.63) is 53.9 Å². The lowest BCUT2D eigenvalue weighted by atomic mass is 10.1. The smallest absolute Gasteiger partial charge is 0.227 e. The molecule has 2 N–H and O–H groups in total. The molecule has 4 rings (SSSR count). The zero-order chi connectivity index (χ0) is 22.5. The third kappa shape index (κ3) is 5.51. The SMILES string of the molecule is COc1ccc(-c2noc(CCCC(=O)Nc3cc(NC(=O)C4CC4)ccc3C)n2)cc1. The maximum absolute atomic E-state index is 12.4. The van der Waals surface area contributed by atoms with E-state index in [2.05, 4.69) is 20.8 Å². The Balaban J connectivity index is 1.27. The maximum Gasteiger partial charge on any atom is 0.227 e. The molecule has 2 amide bonds. The minimum absolute atomic E-state index is 0.0414. The first-order chi connectivity index (χ1) is 15.5. The van der Waals surface area contributed by atoms with E-state index in [-0.39, 0.29) is 17.7 Å². The number of nitrogens with zero attached hydrogens (tertiary/aromatic N) is 2. The molecule has 1 fully saturated rings. The first-order valence-electron chi connectivity index (χ1n) is 10.7. The van der Waals surface area contributed by atoms with Gasteiger partial charge in [0.2, 0.25) is 23.5 Å². The Labute approximate surface area is 186 Å². The van der Waals surface area contributed by atoms with Crippen LogP contribution in [0.5, 0.6) is 5.75 Å². The highest BCUT2D eigenvalue weighted by molar-refractivity contribution is 5.96. The molecule has 0 radical (unpaired) electrons. The van der Waals surface area contributed by atoms with Crippen LogP contribution in [0.1, 0.15) is 37.1 Å². The van der Waals surface area contributed by atoms with Crippen LogP contribution in [0, 0.1) is 12.8 Å². The molecule has 0 aliphatic heterocycles. The number of methoxy groups -OCH3 is 1. The maximum atomic E-state index is 12.4. The number of aromatic nitrogens is 2. The van der Waals surface area contributed by atoms with E-state index in [1.54, 1.807) is 13.2 Å². The van der Waals surface area contributed by atoms with Crippen molar-refractivity contribution in [1.29, 1.82) is 0 Å². The average Bonchev–Trinajstić information content (AvgIpc) is 3.55. The van der Waals surface area contributed by atoms with E-state index in [9.17, 15) is 9.59 Å². The van der Waals surface area contributed by atoms with Gasteiger partial charge in [0.25, 0.3) is 0 Å². The molecule has 0 bridgehead atoms. The number of nitrogens with one attached hydrogen (secondary N) is 2. The molecule has 166 valence electrons. The molecule has 0 spiro atoms. The Kier molecular flexibility index (Phi) is 6.49. The van der Waals surface area contributed by atoms with Gasteiger partial charge in [0.1, 0.15) is 5.75 Å². The molecular formula is C24H26N4O4. The molecule has 1 aliphatic carbocycles. The van der Waals surface area contributed by atoms with Gasteiger partial charge in [0.15, 0.2) is 0 Å². The molecule has 0 atom stereocenters. The second kappa shape index (κ2) is 9.64. The van der Waals surface area contributed by atoms with Crippen molar-refractivity contribution in [2.24, 2.45) is 5.92 Å². The summed E-state index contributed by atoms with van der Waals surface area (Å²) in [4.78, 5) is 28.8. The van der Waals surface area contributed by atoms with Crippen molar-refractivity contribution >= 4 is 23.2 Å². The number of amides is 2. The summed E-state index contributed by atoms with van der Waals surface area (Å²) in [5, 5.41) is 9.84.